The average Bonchev–Trinajstić information content (AvgIpc) is 1.66. The van der Waals surface area contributed by atoms with Crippen LogP contribution in [-0.4, -0.2) is 0 Å². The van der Waals surface area contributed by atoms with Gasteiger partial charge < -0.3 is 28.4 Å². The Morgan fingerprint density at radius 3 is 0.971 bits per heavy atom. The van der Waals surface area contributed by atoms with E-state index in [0.29, 0.717) is 22.3 Å². The summed E-state index contributed by atoms with van der Waals surface area (Å²) in [6.45, 7) is 0. The molecule has 10 nitrogen and oxygen atoms in total. The fourth-order valence-electron chi connectivity index (χ4n) is 14.6. The van der Waals surface area contributed by atoms with E-state index in [1.807, 2.05) is 146 Å². The molecule has 18 rings (SSSR count). The molecule has 18 aromatic rings. The Bertz CT molecular complexity index is 6600. The Balaban J connectivity index is 0.676. The third-order valence-corrected chi connectivity index (χ3v) is 19.3. The topological polar surface area (TPSA) is 134 Å². The minimum absolute atomic E-state index is 0.509. The van der Waals surface area contributed by atoms with E-state index >= 15 is 0 Å². The number of nitrogens with zero attached hydrogens (tertiary/aromatic N) is 8. The first-order chi connectivity index (χ1) is 50.3. The van der Waals surface area contributed by atoms with Crippen molar-refractivity contribution in [1.82, 2.24) is 0 Å². The van der Waals surface area contributed by atoms with Crippen LogP contribution >= 0.6 is 0 Å². The second-order valence-corrected chi connectivity index (χ2v) is 25.4. The molecule has 16 aromatic carbocycles. The van der Waals surface area contributed by atoms with Gasteiger partial charge in [0, 0.05) is 84.0 Å². The molecule has 0 aliphatic carbocycles. The van der Waals surface area contributed by atoms with Crippen molar-refractivity contribution in [2.45, 2.75) is 0 Å². The van der Waals surface area contributed by atoms with E-state index in [-0.39, 0.29) is 0 Å². The standard InChI is InChI=1S/C92H54N8O2/c93-55-59-15-12-24-75(41-59)97(71-18-4-1-5-19-71)77-37-31-62-47-82-83-48-63-32-38-78(44-68(63)52-90(83)101-89(82)51-67(62)43-77)98(76-25-13-16-60(42-76)56-94)74-35-29-61(30-36-74)81-26-14-28-88(86(81)58-96)100(73-22-8-3-9-23-73)80-40-34-65-50-85-84-49-64-33-39-79(45-69(64)53-91(84)102-92(85)54-70(65)46-80)99(72-20-6-2-7-21-72)87-27-11-10-17-66(87)57-95/h1-54H. The van der Waals surface area contributed by atoms with Crippen molar-refractivity contribution in [2.24, 2.45) is 0 Å². The smallest absolute Gasteiger partial charge is 0.136 e. The molecule has 0 amide bonds. The van der Waals surface area contributed by atoms with Crippen molar-refractivity contribution >= 4 is 155 Å². The lowest BCUT2D eigenvalue weighted by atomic mass is 9.97. The molecule has 0 saturated heterocycles. The summed E-state index contributed by atoms with van der Waals surface area (Å²) in [5.41, 5.74) is 17.4. The second-order valence-electron chi connectivity index (χ2n) is 25.4. The van der Waals surface area contributed by atoms with Gasteiger partial charge in [0.15, 0.2) is 0 Å². The monoisotopic (exact) mass is 1300 g/mol. The number of benzene rings is 16. The molecule has 0 atom stereocenters. The summed E-state index contributed by atoms with van der Waals surface area (Å²) in [5.74, 6) is 0. The van der Waals surface area contributed by atoms with E-state index in [0.717, 1.165) is 166 Å². The van der Waals surface area contributed by atoms with Gasteiger partial charge in [-0.25, -0.2) is 0 Å². The minimum atomic E-state index is 0.509. The van der Waals surface area contributed by atoms with Crippen LogP contribution in [0.1, 0.15) is 22.3 Å². The molecule has 0 radical (unpaired) electrons. The number of para-hydroxylation sites is 4. The number of nitriles is 4. The second kappa shape index (κ2) is 24.8. The Kier molecular flexibility index (Phi) is 14.5. The number of hydrogen-bond donors (Lipinski definition) is 0. The summed E-state index contributed by atoms with van der Waals surface area (Å²) in [6.07, 6.45) is 0. The molecule has 0 aliphatic heterocycles. The maximum Gasteiger partial charge on any atom is 0.136 e. The zero-order chi connectivity index (χ0) is 68.4. The van der Waals surface area contributed by atoms with Crippen LogP contribution in [0.5, 0.6) is 0 Å². The molecule has 0 bridgehead atoms. The highest BCUT2D eigenvalue weighted by Crippen LogP contribution is 2.47. The Labute approximate surface area is 586 Å². The molecule has 0 saturated carbocycles. The predicted molar refractivity (Wildman–Crippen MR) is 414 cm³/mol. The van der Waals surface area contributed by atoms with Gasteiger partial charge in [0.05, 0.1) is 45.8 Å². The molecule has 474 valence electrons. The Morgan fingerprint density at radius 2 is 0.559 bits per heavy atom. The number of rotatable bonds is 13. The van der Waals surface area contributed by atoms with Crippen molar-refractivity contribution in [3.05, 3.63) is 350 Å². The number of anilines is 12. The van der Waals surface area contributed by atoms with Gasteiger partial charge in [-0.05, 0) is 249 Å². The van der Waals surface area contributed by atoms with Crippen LogP contribution in [0.4, 0.5) is 68.2 Å². The van der Waals surface area contributed by atoms with Crippen molar-refractivity contribution < 1.29 is 8.83 Å². The van der Waals surface area contributed by atoms with Gasteiger partial charge in [0.25, 0.3) is 0 Å². The molecule has 2 aromatic heterocycles. The summed E-state index contributed by atoms with van der Waals surface area (Å²) in [7, 11) is 0. The van der Waals surface area contributed by atoms with E-state index in [9.17, 15) is 21.0 Å². The molecule has 0 aliphatic rings. The van der Waals surface area contributed by atoms with Gasteiger partial charge in [-0.2, -0.15) is 21.0 Å². The quantitative estimate of drug-likeness (QED) is 0.110. The summed E-state index contributed by atoms with van der Waals surface area (Å²) in [6, 6.07) is 120. The maximum atomic E-state index is 11.4. The van der Waals surface area contributed by atoms with Gasteiger partial charge >= 0.3 is 0 Å². The Hall–Kier alpha value is -14.7. The fourth-order valence-corrected chi connectivity index (χ4v) is 14.6. The summed E-state index contributed by atoms with van der Waals surface area (Å²) in [5, 5.41) is 53.8. The molecule has 0 spiro atoms. The van der Waals surface area contributed by atoms with E-state index in [1.165, 1.54) is 0 Å². The average molecular weight is 1300 g/mol. The van der Waals surface area contributed by atoms with E-state index < -0.39 is 0 Å². The van der Waals surface area contributed by atoms with Crippen LogP contribution in [0.3, 0.4) is 0 Å². The van der Waals surface area contributed by atoms with Crippen LogP contribution in [0.2, 0.25) is 0 Å². The summed E-state index contributed by atoms with van der Waals surface area (Å²) < 4.78 is 13.5. The van der Waals surface area contributed by atoms with Gasteiger partial charge in [-0.1, -0.05) is 127 Å². The van der Waals surface area contributed by atoms with Gasteiger partial charge in [-0.15, -0.1) is 0 Å². The molecular weight excluding hydrogens is 1250 g/mol. The van der Waals surface area contributed by atoms with Crippen LogP contribution in [-0.2, 0) is 0 Å². The largest absolute Gasteiger partial charge is 0.456 e. The maximum absolute atomic E-state index is 11.4. The van der Waals surface area contributed by atoms with Crippen molar-refractivity contribution in [3.63, 3.8) is 0 Å². The van der Waals surface area contributed by atoms with Gasteiger partial charge in [-0.3, -0.25) is 0 Å². The summed E-state index contributed by atoms with van der Waals surface area (Å²) >= 11 is 0. The lowest BCUT2D eigenvalue weighted by Gasteiger charge is -2.28. The van der Waals surface area contributed by atoms with Crippen molar-refractivity contribution in [1.29, 1.82) is 21.0 Å². The van der Waals surface area contributed by atoms with Crippen molar-refractivity contribution in [2.75, 3.05) is 19.6 Å². The SMILES string of the molecule is N#Cc1cccc(N(c2ccccc2)c2ccc3cc4c(cc3c2)oc2cc3cc(N(c5ccc(-c6cccc(N(c7ccccc7)c7ccc8cc9c(cc8c7)oc7cc8cc(N(c%10ccccc%10)c%10ccccc%10C#N)ccc8cc79)c6C#N)cc5)c5cccc(C#N)c5)ccc3cc24)c1. The van der Waals surface area contributed by atoms with Gasteiger partial charge in [0.2, 0.25) is 0 Å². The molecule has 102 heavy (non-hydrogen) atoms. The first-order valence-corrected chi connectivity index (χ1v) is 33.5. The van der Waals surface area contributed by atoms with Crippen molar-refractivity contribution in [3.8, 4) is 35.4 Å². The highest BCUT2D eigenvalue weighted by atomic mass is 16.3. The summed E-state index contributed by atoms with van der Waals surface area (Å²) in [4.78, 5) is 8.59. The fraction of sp³-hybridized carbons (Fsp3) is 0. The third-order valence-electron chi connectivity index (χ3n) is 19.3. The van der Waals surface area contributed by atoms with E-state index in [1.54, 1.807) is 0 Å². The third kappa shape index (κ3) is 10.5. The molecule has 0 N–H and O–H groups in total. The van der Waals surface area contributed by atoms with Gasteiger partial charge in [0.1, 0.15) is 34.5 Å². The number of hydrogen-bond acceptors (Lipinski definition) is 10. The first-order valence-electron chi connectivity index (χ1n) is 33.5. The highest BCUT2D eigenvalue weighted by molar-refractivity contribution is 6.16. The lowest BCUT2D eigenvalue weighted by molar-refractivity contribution is 0.669. The molecule has 2 heterocycles. The predicted octanol–water partition coefficient (Wildman–Crippen LogP) is 25.1. The zero-order valence-electron chi connectivity index (χ0n) is 54.6. The molecule has 0 fully saturated rings. The van der Waals surface area contributed by atoms with Crippen LogP contribution < -0.4 is 19.6 Å². The number of furan rings is 2. The minimum Gasteiger partial charge on any atom is -0.456 e. The molecular formula is C92H54N8O2. The first kappa shape index (κ1) is 59.8. The van der Waals surface area contributed by atoms with E-state index in [2.05, 4.69) is 226 Å². The molecule has 0 unspecified atom stereocenters. The van der Waals surface area contributed by atoms with Crippen LogP contribution in [0.15, 0.2) is 336 Å². The molecule has 10 heteroatoms. The highest BCUT2D eigenvalue weighted by Gasteiger charge is 2.24. The van der Waals surface area contributed by atoms with Crippen LogP contribution in [0, 0.1) is 45.3 Å². The normalized spacial score (nSPS) is 11.3. The Morgan fingerprint density at radius 1 is 0.225 bits per heavy atom. The lowest BCUT2D eigenvalue weighted by Crippen LogP contribution is -2.12. The van der Waals surface area contributed by atoms with E-state index in [4.69, 9.17) is 8.83 Å². The number of fused-ring (bicyclic) bond motifs is 10. The van der Waals surface area contributed by atoms with Crippen LogP contribution in [0.25, 0.3) is 98.1 Å². The zero-order valence-corrected chi connectivity index (χ0v) is 54.6.